The highest BCUT2D eigenvalue weighted by Gasteiger charge is 2.26. The molecule has 0 aliphatic heterocycles. The Morgan fingerprint density at radius 3 is 2.53 bits per heavy atom. The summed E-state index contributed by atoms with van der Waals surface area (Å²) in [4.78, 5) is 0. The molecule has 17 heavy (non-hydrogen) atoms. The van der Waals surface area contributed by atoms with E-state index in [1.807, 2.05) is 20.8 Å². The van der Waals surface area contributed by atoms with Crippen LogP contribution in [0.5, 0.6) is 0 Å². The summed E-state index contributed by atoms with van der Waals surface area (Å²) < 4.78 is 1.71. The molecule has 0 atom stereocenters. The van der Waals surface area contributed by atoms with Crippen LogP contribution >= 0.6 is 0 Å². The first kappa shape index (κ1) is 11.8. The topological polar surface area (TPSA) is 79.7 Å². The van der Waals surface area contributed by atoms with Crippen molar-refractivity contribution in [3.05, 3.63) is 5.56 Å². The highest BCUT2D eigenvalue weighted by molar-refractivity contribution is 5.64. The number of nitrogens with two attached hydrogens (primary N) is 1. The molecule has 1 aromatic rings. The van der Waals surface area contributed by atoms with E-state index in [9.17, 15) is 0 Å². The monoisotopic (exact) mass is 233 g/mol. The molecule has 0 saturated heterocycles. The van der Waals surface area contributed by atoms with E-state index in [0.717, 1.165) is 12.8 Å². The number of rotatable bonds is 2. The number of nitrogen functional groups attached to an aromatic ring is 1. The molecular weight excluding hydrogens is 214 g/mol. The molecule has 0 unspecified atom stereocenters. The van der Waals surface area contributed by atoms with Crippen LogP contribution in [0.4, 0.5) is 11.6 Å². The second-order valence-electron chi connectivity index (χ2n) is 5.58. The van der Waals surface area contributed by atoms with Crippen LogP contribution in [-0.4, -0.2) is 15.8 Å². The number of nitrogens with zero attached hydrogens (tertiary/aromatic N) is 3. The molecule has 1 heterocycles. The normalized spacial score (nSPS) is 16.4. The zero-order chi connectivity index (χ0) is 12.6. The first-order valence-corrected chi connectivity index (χ1v) is 5.99. The van der Waals surface area contributed by atoms with Crippen LogP contribution in [0.2, 0.25) is 0 Å². The molecule has 0 amide bonds. The van der Waals surface area contributed by atoms with E-state index in [1.165, 1.54) is 6.42 Å². The van der Waals surface area contributed by atoms with E-state index in [1.54, 1.807) is 4.68 Å². The molecule has 3 N–H and O–H groups in total. The summed E-state index contributed by atoms with van der Waals surface area (Å²) >= 11 is 0. The number of nitrogens with one attached hydrogen (secondary N) is 1. The minimum atomic E-state index is -0.213. The zero-order valence-corrected chi connectivity index (χ0v) is 10.6. The van der Waals surface area contributed by atoms with Gasteiger partial charge in [0.15, 0.2) is 5.82 Å². The third kappa shape index (κ3) is 2.07. The van der Waals surface area contributed by atoms with Gasteiger partial charge >= 0.3 is 0 Å². The van der Waals surface area contributed by atoms with Crippen LogP contribution < -0.4 is 11.1 Å². The van der Waals surface area contributed by atoms with Gasteiger partial charge in [-0.2, -0.15) is 10.4 Å². The quantitative estimate of drug-likeness (QED) is 0.819. The fraction of sp³-hybridized carbons (Fsp3) is 0.667. The lowest BCUT2D eigenvalue weighted by Gasteiger charge is -2.26. The Balaban J connectivity index is 2.35. The van der Waals surface area contributed by atoms with E-state index >= 15 is 0 Å². The Bertz CT molecular complexity index is 456. The lowest BCUT2D eigenvalue weighted by Crippen LogP contribution is -2.28. The van der Waals surface area contributed by atoms with E-state index in [-0.39, 0.29) is 5.54 Å². The van der Waals surface area contributed by atoms with Gasteiger partial charge in [0.1, 0.15) is 17.5 Å². The predicted octanol–water partition coefficient (Wildman–Crippen LogP) is 2.06. The van der Waals surface area contributed by atoms with Gasteiger partial charge < -0.3 is 11.1 Å². The van der Waals surface area contributed by atoms with Gasteiger partial charge in [0.25, 0.3) is 0 Å². The van der Waals surface area contributed by atoms with Crippen molar-refractivity contribution in [2.75, 3.05) is 11.1 Å². The first-order valence-electron chi connectivity index (χ1n) is 5.99. The molecule has 0 spiro atoms. The van der Waals surface area contributed by atoms with E-state index in [2.05, 4.69) is 16.5 Å². The molecule has 0 radical (unpaired) electrons. The van der Waals surface area contributed by atoms with Crippen molar-refractivity contribution in [3.8, 4) is 6.07 Å². The zero-order valence-electron chi connectivity index (χ0n) is 10.6. The van der Waals surface area contributed by atoms with Crippen molar-refractivity contribution in [2.45, 2.75) is 51.6 Å². The molecule has 0 bridgehead atoms. The standard InChI is InChI=1S/C12H19N5/c1-12(2,3)17-10(14)9(7-13)11(16-17)15-8-5-4-6-8/h8H,4-6,14H2,1-3H3,(H,15,16). The smallest absolute Gasteiger partial charge is 0.168 e. The number of hydrogen-bond acceptors (Lipinski definition) is 4. The molecule has 1 aromatic heterocycles. The summed E-state index contributed by atoms with van der Waals surface area (Å²) in [7, 11) is 0. The van der Waals surface area contributed by atoms with Gasteiger partial charge in [0, 0.05) is 6.04 Å². The van der Waals surface area contributed by atoms with E-state index in [0.29, 0.717) is 23.2 Å². The Kier molecular flexibility index (Phi) is 2.74. The van der Waals surface area contributed by atoms with Crippen molar-refractivity contribution in [1.82, 2.24) is 9.78 Å². The second kappa shape index (κ2) is 3.95. The molecule has 1 aliphatic carbocycles. The minimum absolute atomic E-state index is 0.213. The molecule has 1 fully saturated rings. The fourth-order valence-electron chi connectivity index (χ4n) is 1.90. The fourth-order valence-corrected chi connectivity index (χ4v) is 1.90. The van der Waals surface area contributed by atoms with Gasteiger partial charge in [0.05, 0.1) is 5.54 Å². The second-order valence-corrected chi connectivity index (χ2v) is 5.58. The molecule has 5 nitrogen and oxygen atoms in total. The third-order valence-electron chi connectivity index (χ3n) is 3.11. The van der Waals surface area contributed by atoms with Gasteiger partial charge in [-0.15, -0.1) is 0 Å². The number of aromatic nitrogens is 2. The number of hydrogen-bond donors (Lipinski definition) is 2. The molecule has 5 heteroatoms. The predicted molar refractivity (Wildman–Crippen MR) is 67.6 cm³/mol. The van der Waals surface area contributed by atoms with Gasteiger partial charge in [-0.3, -0.25) is 0 Å². The van der Waals surface area contributed by atoms with Crippen molar-refractivity contribution < 1.29 is 0 Å². The summed E-state index contributed by atoms with van der Waals surface area (Å²) in [6, 6.07) is 2.59. The maximum atomic E-state index is 9.16. The summed E-state index contributed by atoms with van der Waals surface area (Å²) in [6.07, 6.45) is 3.54. The van der Waals surface area contributed by atoms with Crippen LogP contribution in [0, 0.1) is 11.3 Å². The Morgan fingerprint density at radius 1 is 1.47 bits per heavy atom. The lowest BCUT2D eigenvalue weighted by atomic mass is 9.93. The van der Waals surface area contributed by atoms with Gasteiger partial charge in [-0.25, -0.2) is 4.68 Å². The highest BCUT2D eigenvalue weighted by atomic mass is 15.4. The largest absolute Gasteiger partial charge is 0.383 e. The van der Waals surface area contributed by atoms with Crippen LogP contribution in [-0.2, 0) is 5.54 Å². The maximum absolute atomic E-state index is 9.16. The molecular formula is C12H19N5. The summed E-state index contributed by atoms with van der Waals surface area (Å²) in [5.74, 6) is 1.08. The first-order chi connectivity index (χ1) is 7.93. The average Bonchev–Trinajstić information content (AvgIpc) is 2.48. The lowest BCUT2D eigenvalue weighted by molar-refractivity contribution is 0.361. The van der Waals surface area contributed by atoms with Crippen LogP contribution in [0.1, 0.15) is 45.6 Å². The molecule has 0 aromatic carbocycles. The van der Waals surface area contributed by atoms with Gasteiger partial charge in [0.2, 0.25) is 0 Å². The summed E-state index contributed by atoms with van der Waals surface area (Å²) in [6.45, 7) is 6.06. The summed E-state index contributed by atoms with van der Waals surface area (Å²) in [5.41, 5.74) is 6.23. The Morgan fingerprint density at radius 2 is 2.12 bits per heavy atom. The van der Waals surface area contributed by atoms with E-state index < -0.39 is 0 Å². The van der Waals surface area contributed by atoms with Gasteiger partial charge in [-0.05, 0) is 40.0 Å². The highest BCUT2D eigenvalue weighted by Crippen LogP contribution is 2.29. The number of anilines is 2. The Labute approximate surface area is 102 Å². The van der Waals surface area contributed by atoms with Crippen molar-refractivity contribution >= 4 is 11.6 Å². The van der Waals surface area contributed by atoms with Crippen LogP contribution in [0.3, 0.4) is 0 Å². The molecule has 1 aliphatic rings. The SMILES string of the molecule is CC(C)(C)n1nc(NC2CCC2)c(C#N)c1N. The minimum Gasteiger partial charge on any atom is -0.383 e. The van der Waals surface area contributed by atoms with Crippen LogP contribution in [0.25, 0.3) is 0 Å². The molecule has 1 saturated carbocycles. The Hall–Kier alpha value is -1.70. The van der Waals surface area contributed by atoms with E-state index in [4.69, 9.17) is 11.0 Å². The summed E-state index contributed by atoms with van der Waals surface area (Å²) in [5, 5.41) is 16.9. The maximum Gasteiger partial charge on any atom is 0.168 e. The van der Waals surface area contributed by atoms with Gasteiger partial charge in [-0.1, -0.05) is 0 Å². The molecule has 92 valence electrons. The van der Waals surface area contributed by atoms with Crippen molar-refractivity contribution in [3.63, 3.8) is 0 Å². The van der Waals surface area contributed by atoms with Crippen molar-refractivity contribution in [1.29, 1.82) is 5.26 Å². The average molecular weight is 233 g/mol. The number of nitriles is 1. The molecule has 2 rings (SSSR count). The third-order valence-corrected chi connectivity index (χ3v) is 3.11. The van der Waals surface area contributed by atoms with Crippen molar-refractivity contribution in [2.24, 2.45) is 0 Å². The van der Waals surface area contributed by atoms with Crippen LogP contribution in [0.15, 0.2) is 0 Å².